The highest BCUT2D eigenvalue weighted by Gasteiger charge is 2.11. The molecule has 2 aromatic rings. The van der Waals surface area contributed by atoms with Crippen molar-refractivity contribution in [1.82, 2.24) is 0 Å². The zero-order valence-corrected chi connectivity index (χ0v) is 10.4. The summed E-state index contributed by atoms with van der Waals surface area (Å²) in [6, 6.07) is 11.2. The molecule has 1 unspecified atom stereocenters. The van der Waals surface area contributed by atoms with Crippen molar-refractivity contribution in [1.29, 1.82) is 0 Å². The first kappa shape index (κ1) is 12.6. The third-order valence-corrected chi connectivity index (χ3v) is 3.01. The lowest BCUT2D eigenvalue weighted by Gasteiger charge is -2.18. The predicted octanol–water partition coefficient (Wildman–Crippen LogP) is 4.45. The standard InChI is InChI=1S/C15H15F2N/c1-10-13(16)8-5-9-15(10)18-11(2)12-6-3-4-7-14(12)17/h3-9,11,18H,1-2H3. The first-order valence-corrected chi connectivity index (χ1v) is 5.85. The van der Waals surface area contributed by atoms with E-state index in [0.717, 1.165) is 0 Å². The largest absolute Gasteiger partial charge is 0.378 e. The Morgan fingerprint density at radius 2 is 1.61 bits per heavy atom. The fraction of sp³-hybridized carbons (Fsp3) is 0.200. The van der Waals surface area contributed by atoms with E-state index >= 15 is 0 Å². The van der Waals surface area contributed by atoms with Gasteiger partial charge in [-0.3, -0.25) is 0 Å². The lowest BCUT2D eigenvalue weighted by atomic mass is 10.1. The second-order valence-corrected chi connectivity index (χ2v) is 4.30. The number of hydrogen-bond acceptors (Lipinski definition) is 1. The van der Waals surface area contributed by atoms with Crippen LogP contribution in [0.2, 0.25) is 0 Å². The van der Waals surface area contributed by atoms with E-state index in [9.17, 15) is 8.78 Å². The Morgan fingerprint density at radius 1 is 0.944 bits per heavy atom. The Morgan fingerprint density at radius 3 is 2.33 bits per heavy atom. The summed E-state index contributed by atoms with van der Waals surface area (Å²) in [7, 11) is 0. The van der Waals surface area contributed by atoms with E-state index in [1.807, 2.05) is 6.92 Å². The van der Waals surface area contributed by atoms with E-state index in [1.165, 1.54) is 12.1 Å². The van der Waals surface area contributed by atoms with Crippen LogP contribution in [0.3, 0.4) is 0 Å². The molecule has 0 spiro atoms. The van der Waals surface area contributed by atoms with E-state index in [1.54, 1.807) is 37.3 Å². The number of halogens is 2. The van der Waals surface area contributed by atoms with Crippen LogP contribution >= 0.6 is 0 Å². The van der Waals surface area contributed by atoms with Gasteiger partial charge in [0.25, 0.3) is 0 Å². The molecule has 2 aromatic carbocycles. The summed E-state index contributed by atoms with van der Waals surface area (Å²) >= 11 is 0. The number of nitrogens with one attached hydrogen (secondary N) is 1. The maximum absolute atomic E-state index is 13.6. The van der Waals surface area contributed by atoms with Crippen molar-refractivity contribution < 1.29 is 8.78 Å². The van der Waals surface area contributed by atoms with Gasteiger partial charge in [-0.1, -0.05) is 24.3 Å². The Labute approximate surface area is 105 Å². The van der Waals surface area contributed by atoms with Gasteiger partial charge in [-0.25, -0.2) is 8.78 Å². The highest BCUT2D eigenvalue weighted by atomic mass is 19.1. The molecule has 0 heterocycles. The summed E-state index contributed by atoms with van der Waals surface area (Å²) in [6.45, 7) is 3.55. The van der Waals surface area contributed by atoms with Crippen LogP contribution in [0.25, 0.3) is 0 Å². The van der Waals surface area contributed by atoms with Crippen LogP contribution < -0.4 is 5.32 Å². The summed E-state index contributed by atoms with van der Waals surface area (Å²) in [6.07, 6.45) is 0. The van der Waals surface area contributed by atoms with Crippen LogP contribution in [0.4, 0.5) is 14.5 Å². The molecule has 0 saturated heterocycles. The summed E-state index contributed by atoms with van der Waals surface area (Å²) in [5, 5.41) is 3.13. The van der Waals surface area contributed by atoms with Gasteiger partial charge in [0.15, 0.2) is 0 Å². The fourth-order valence-electron chi connectivity index (χ4n) is 1.90. The first-order chi connectivity index (χ1) is 8.59. The maximum atomic E-state index is 13.6. The molecule has 18 heavy (non-hydrogen) atoms. The van der Waals surface area contributed by atoms with Crippen molar-refractivity contribution in [2.45, 2.75) is 19.9 Å². The summed E-state index contributed by atoms with van der Waals surface area (Å²) in [5.74, 6) is -0.521. The van der Waals surface area contributed by atoms with Gasteiger partial charge in [0.2, 0.25) is 0 Å². The fourth-order valence-corrected chi connectivity index (χ4v) is 1.90. The summed E-state index contributed by atoms with van der Waals surface area (Å²) in [5.41, 5.74) is 1.80. The highest BCUT2D eigenvalue weighted by molar-refractivity contribution is 5.52. The Balaban J connectivity index is 2.24. The molecule has 0 aromatic heterocycles. The SMILES string of the molecule is Cc1c(F)cccc1NC(C)c1ccccc1F. The smallest absolute Gasteiger partial charge is 0.128 e. The van der Waals surface area contributed by atoms with E-state index < -0.39 is 0 Å². The monoisotopic (exact) mass is 247 g/mol. The van der Waals surface area contributed by atoms with E-state index in [-0.39, 0.29) is 17.7 Å². The summed E-state index contributed by atoms with van der Waals surface area (Å²) < 4.78 is 27.0. The third-order valence-electron chi connectivity index (χ3n) is 3.01. The molecule has 1 N–H and O–H groups in total. The van der Waals surface area contributed by atoms with E-state index in [2.05, 4.69) is 5.32 Å². The molecular formula is C15H15F2N. The lowest BCUT2D eigenvalue weighted by Crippen LogP contribution is -2.09. The number of anilines is 1. The van der Waals surface area contributed by atoms with Crippen LogP contribution in [0.1, 0.15) is 24.1 Å². The van der Waals surface area contributed by atoms with Crippen molar-refractivity contribution in [3.8, 4) is 0 Å². The van der Waals surface area contributed by atoms with Crippen LogP contribution in [0, 0.1) is 18.6 Å². The average Bonchev–Trinajstić information content (AvgIpc) is 2.35. The average molecular weight is 247 g/mol. The molecule has 0 fully saturated rings. The van der Waals surface area contributed by atoms with E-state index in [0.29, 0.717) is 16.8 Å². The van der Waals surface area contributed by atoms with Crippen molar-refractivity contribution in [2.75, 3.05) is 5.32 Å². The minimum atomic E-state index is -0.263. The molecule has 1 atom stereocenters. The van der Waals surface area contributed by atoms with E-state index in [4.69, 9.17) is 0 Å². The second kappa shape index (κ2) is 5.17. The molecule has 0 aliphatic rings. The predicted molar refractivity (Wildman–Crippen MR) is 69.6 cm³/mol. The Bertz CT molecular complexity index is 552. The molecule has 0 saturated carbocycles. The molecular weight excluding hydrogens is 232 g/mol. The van der Waals surface area contributed by atoms with Gasteiger partial charge in [0.1, 0.15) is 11.6 Å². The van der Waals surface area contributed by atoms with Gasteiger partial charge < -0.3 is 5.32 Å². The van der Waals surface area contributed by atoms with Crippen LogP contribution in [0.15, 0.2) is 42.5 Å². The zero-order valence-electron chi connectivity index (χ0n) is 10.4. The minimum Gasteiger partial charge on any atom is -0.378 e. The van der Waals surface area contributed by atoms with Crippen molar-refractivity contribution in [2.24, 2.45) is 0 Å². The van der Waals surface area contributed by atoms with Crippen LogP contribution in [0.5, 0.6) is 0 Å². The molecule has 1 nitrogen and oxygen atoms in total. The highest BCUT2D eigenvalue weighted by Crippen LogP contribution is 2.24. The molecule has 94 valence electrons. The van der Waals surface area contributed by atoms with Gasteiger partial charge in [-0.2, -0.15) is 0 Å². The molecule has 2 rings (SSSR count). The van der Waals surface area contributed by atoms with Gasteiger partial charge in [0.05, 0.1) is 6.04 Å². The Hall–Kier alpha value is -1.90. The first-order valence-electron chi connectivity index (χ1n) is 5.85. The van der Waals surface area contributed by atoms with Crippen molar-refractivity contribution >= 4 is 5.69 Å². The quantitative estimate of drug-likeness (QED) is 0.845. The molecule has 0 radical (unpaired) electrons. The Kier molecular flexibility index (Phi) is 3.60. The van der Waals surface area contributed by atoms with Crippen LogP contribution in [-0.4, -0.2) is 0 Å². The molecule has 3 heteroatoms. The second-order valence-electron chi connectivity index (χ2n) is 4.30. The van der Waals surface area contributed by atoms with Gasteiger partial charge >= 0.3 is 0 Å². The van der Waals surface area contributed by atoms with Gasteiger partial charge in [-0.15, -0.1) is 0 Å². The molecule has 0 bridgehead atoms. The third kappa shape index (κ3) is 2.50. The minimum absolute atomic E-state index is 0.216. The number of hydrogen-bond donors (Lipinski definition) is 1. The number of benzene rings is 2. The lowest BCUT2D eigenvalue weighted by molar-refractivity contribution is 0.599. The topological polar surface area (TPSA) is 12.0 Å². The van der Waals surface area contributed by atoms with Crippen molar-refractivity contribution in [3.05, 3.63) is 65.2 Å². The summed E-state index contributed by atoms with van der Waals surface area (Å²) in [4.78, 5) is 0. The van der Waals surface area contributed by atoms with Crippen molar-refractivity contribution in [3.63, 3.8) is 0 Å². The van der Waals surface area contributed by atoms with Gasteiger partial charge in [-0.05, 0) is 32.0 Å². The zero-order chi connectivity index (χ0) is 13.1. The molecule has 0 aliphatic carbocycles. The molecule has 0 amide bonds. The van der Waals surface area contributed by atoms with Crippen LogP contribution in [-0.2, 0) is 0 Å². The van der Waals surface area contributed by atoms with Gasteiger partial charge in [0, 0.05) is 16.8 Å². The molecule has 0 aliphatic heterocycles. The number of rotatable bonds is 3. The normalized spacial score (nSPS) is 12.2. The maximum Gasteiger partial charge on any atom is 0.128 e.